The van der Waals surface area contributed by atoms with E-state index in [0.29, 0.717) is 33.1 Å². The molecule has 3 heterocycles. The third kappa shape index (κ3) is 1.89. The molecule has 26 heavy (non-hydrogen) atoms. The highest BCUT2D eigenvalue weighted by atomic mass is 19.1. The number of pyridine rings is 2. The lowest BCUT2D eigenvalue weighted by molar-refractivity contribution is 0.450. The number of aromatic nitrogens is 3. The van der Waals surface area contributed by atoms with Gasteiger partial charge in [0.25, 0.3) is 0 Å². The first kappa shape index (κ1) is 14.7. The summed E-state index contributed by atoms with van der Waals surface area (Å²) in [5, 5.41) is 11.7. The molecule has 0 amide bonds. The number of benzene rings is 1. The number of para-hydroxylation sites is 1. The van der Waals surface area contributed by atoms with E-state index in [1.807, 2.05) is 18.2 Å². The van der Waals surface area contributed by atoms with Gasteiger partial charge in [-0.15, -0.1) is 0 Å². The number of hydrogen-bond acceptors (Lipinski definition) is 4. The first-order chi connectivity index (χ1) is 12.6. The lowest BCUT2D eigenvalue weighted by Crippen LogP contribution is -1.96. The largest absolute Gasteiger partial charge is 0.494 e. The lowest BCUT2D eigenvalue weighted by atomic mass is 10.0. The zero-order valence-corrected chi connectivity index (χ0v) is 13.5. The van der Waals surface area contributed by atoms with E-state index < -0.39 is 5.82 Å². The molecule has 0 bridgehead atoms. The van der Waals surface area contributed by atoms with E-state index in [1.165, 1.54) is 12.3 Å². The van der Waals surface area contributed by atoms with Crippen LogP contribution in [0.2, 0.25) is 0 Å². The number of nitrogens with two attached hydrogens (primary N) is 1. The van der Waals surface area contributed by atoms with Gasteiger partial charge in [0, 0.05) is 29.0 Å². The summed E-state index contributed by atoms with van der Waals surface area (Å²) in [4.78, 5) is 8.81. The van der Waals surface area contributed by atoms with Crippen LogP contribution >= 0.6 is 0 Å². The van der Waals surface area contributed by atoms with Crippen molar-refractivity contribution in [1.82, 2.24) is 14.5 Å². The van der Waals surface area contributed by atoms with Crippen LogP contribution in [0.15, 0.2) is 61.0 Å². The topological polar surface area (TPSA) is 77.0 Å². The van der Waals surface area contributed by atoms with Crippen LogP contribution in [0.4, 0.5) is 10.1 Å². The van der Waals surface area contributed by atoms with Crippen molar-refractivity contribution >= 4 is 33.2 Å². The summed E-state index contributed by atoms with van der Waals surface area (Å²) in [6.07, 6.45) is 8.90. The van der Waals surface area contributed by atoms with Crippen molar-refractivity contribution in [3.8, 4) is 17.1 Å². The number of anilines is 1. The van der Waals surface area contributed by atoms with Crippen molar-refractivity contribution in [1.29, 1.82) is 0 Å². The monoisotopic (exact) mass is 344 g/mol. The van der Waals surface area contributed by atoms with Gasteiger partial charge in [-0.05, 0) is 24.3 Å². The zero-order valence-electron chi connectivity index (χ0n) is 13.5. The van der Waals surface area contributed by atoms with Crippen LogP contribution in [0.3, 0.4) is 0 Å². The fourth-order valence-corrected chi connectivity index (χ4v) is 3.28. The molecular weight excluding hydrogens is 331 g/mol. The number of nitrogens with zero attached hydrogens (tertiary/aromatic N) is 3. The summed E-state index contributed by atoms with van der Waals surface area (Å²) in [6, 6.07) is 8.25. The van der Waals surface area contributed by atoms with Crippen molar-refractivity contribution in [3.63, 3.8) is 0 Å². The van der Waals surface area contributed by atoms with Crippen LogP contribution in [0, 0.1) is 5.82 Å². The van der Waals surface area contributed by atoms with Crippen molar-refractivity contribution in [2.45, 2.75) is 0 Å². The SMILES string of the molecule is Nc1c2cccc(-c3ncccc3F)c2nc2cn(C3=CC=C3)c(O)c12. The van der Waals surface area contributed by atoms with Gasteiger partial charge in [0.15, 0.2) is 0 Å². The van der Waals surface area contributed by atoms with Gasteiger partial charge in [0.2, 0.25) is 5.88 Å². The second-order valence-corrected chi connectivity index (χ2v) is 6.09. The van der Waals surface area contributed by atoms with E-state index in [1.54, 1.807) is 35.0 Å². The van der Waals surface area contributed by atoms with Gasteiger partial charge in [-0.25, -0.2) is 9.37 Å². The van der Waals surface area contributed by atoms with Gasteiger partial charge in [0.05, 0.1) is 22.1 Å². The Morgan fingerprint density at radius 3 is 2.73 bits per heavy atom. The van der Waals surface area contributed by atoms with E-state index in [0.717, 1.165) is 5.70 Å². The maximum Gasteiger partial charge on any atom is 0.207 e. The fourth-order valence-electron chi connectivity index (χ4n) is 3.28. The number of aromatic hydroxyl groups is 1. The standard InChI is InChI=1S/C20H13FN4O/c21-14-8-3-9-23-19(14)13-7-2-6-12-17(22)16-15(24-18(12)13)10-25(20(16)26)11-4-1-5-11/h1-10,26H,22H2. The molecule has 5 rings (SSSR count). The van der Waals surface area contributed by atoms with Gasteiger partial charge in [-0.3, -0.25) is 9.55 Å². The van der Waals surface area contributed by atoms with E-state index in [9.17, 15) is 9.50 Å². The molecule has 3 aromatic heterocycles. The van der Waals surface area contributed by atoms with Crippen molar-refractivity contribution in [2.24, 2.45) is 0 Å². The molecular formula is C20H13FN4O. The minimum atomic E-state index is -0.425. The summed E-state index contributed by atoms with van der Waals surface area (Å²) < 4.78 is 15.9. The number of nitrogen functional groups attached to an aromatic ring is 1. The number of fused-ring (bicyclic) bond motifs is 2. The molecule has 1 aliphatic rings. The van der Waals surface area contributed by atoms with Crippen molar-refractivity contribution in [2.75, 3.05) is 5.73 Å². The molecule has 3 N–H and O–H groups in total. The van der Waals surface area contributed by atoms with Crippen LogP contribution in [-0.2, 0) is 0 Å². The average molecular weight is 344 g/mol. The number of allylic oxidation sites excluding steroid dienone is 4. The molecule has 0 atom stereocenters. The zero-order chi connectivity index (χ0) is 17.8. The molecule has 0 unspecified atom stereocenters. The Balaban J connectivity index is 1.87. The third-order valence-electron chi connectivity index (χ3n) is 4.61. The highest BCUT2D eigenvalue weighted by Gasteiger charge is 2.20. The van der Waals surface area contributed by atoms with Gasteiger partial charge in [0.1, 0.15) is 11.5 Å². The Morgan fingerprint density at radius 2 is 2.00 bits per heavy atom. The Kier molecular flexibility index (Phi) is 2.91. The van der Waals surface area contributed by atoms with E-state index in [-0.39, 0.29) is 11.6 Å². The maximum atomic E-state index is 14.3. The van der Waals surface area contributed by atoms with Gasteiger partial charge in [-0.2, -0.15) is 0 Å². The molecule has 0 saturated heterocycles. The molecule has 6 heteroatoms. The Hall–Kier alpha value is -3.67. The van der Waals surface area contributed by atoms with E-state index in [2.05, 4.69) is 9.97 Å². The molecule has 4 aromatic rings. The Labute approximate surface area is 147 Å². The molecule has 1 aliphatic carbocycles. The van der Waals surface area contributed by atoms with Crippen molar-refractivity contribution in [3.05, 3.63) is 66.8 Å². The van der Waals surface area contributed by atoms with Crippen LogP contribution in [0.1, 0.15) is 0 Å². The second-order valence-electron chi connectivity index (χ2n) is 6.09. The van der Waals surface area contributed by atoms with E-state index in [4.69, 9.17) is 5.73 Å². The summed E-state index contributed by atoms with van der Waals surface area (Å²) in [5.41, 5.74) is 9.47. The lowest BCUT2D eigenvalue weighted by Gasteiger charge is -2.10. The molecule has 0 saturated carbocycles. The Morgan fingerprint density at radius 1 is 1.15 bits per heavy atom. The summed E-state index contributed by atoms with van der Waals surface area (Å²) >= 11 is 0. The van der Waals surface area contributed by atoms with Crippen LogP contribution in [0.25, 0.3) is 38.8 Å². The quantitative estimate of drug-likeness (QED) is 0.574. The third-order valence-corrected chi connectivity index (χ3v) is 4.61. The first-order valence-corrected chi connectivity index (χ1v) is 8.07. The minimum Gasteiger partial charge on any atom is -0.494 e. The van der Waals surface area contributed by atoms with Gasteiger partial charge < -0.3 is 10.8 Å². The molecule has 0 spiro atoms. The van der Waals surface area contributed by atoms with Gasteiger partial charge in [-0.1, -0.05) is 24.3 Å². The molecule has 5 nitrogen and oxygen atoms in total. The highest BCUT2D eigenvalue weighted by Crippen LogP contribution is 2.40. The first-order valence-electron chi connectivity index (χ1n) is 8.07. The summed E-state index contributed by atoms with van der Waals surface area (Å²) in [7, 11) is 0. The molecule has 0 radical (unpaired) electrons. The summed E-state index contributed by atoms with van der Waals surface area (Å²) in [6.45, 7) is 0. The predicted octanol–water partition coefficient (Wildman–Crippen LogP) is 4.09. The van der Waals surface area contributed by atoms with Crippen LogP contribution < -0.4 is 5.73 Å². The second kappa shape index (κ2) is 5.16. The number of halogens is 1. The van der Waals surface area contributed by atoms with Crippen molar-refractivity contribution < 1.29 is 9.50 Å². The van der Waals surface area contributed by atoms with Crippen LogP contribution in [0.5, 0.6) is 5.88 Å². The maximum absolute atomic E-state index is 14.3. The summed E-state index contributed by atoms with van der Waals surface area (Å²) in [5.74, 6) is -0.387. The van der Waals surface area contributed by atoms with Crippen LogP contribution in [-0.4, -0.2) is 19.6 Å². The van der Waals surface area contributed by atoms with Gasteiger partial charge >= 0.3 is 0 Å². The van der Waals surface area contributed by atoms with E-state index >= 15 is 0 Å². The minimum absolute atomic E-state index is 0.0388. The fraction of sp³-hybridized carbons (Fsp3) is 0. The highest BCUT2D eigenvalue weighted by molar-refractivity contribution is 6.12. The number of rotatable bonds is 2. The molecule has 0 aliphatic heterocycles. The normalized spacial score (nSPS) is 13.2. The molecule has 126 valence electrons. The smallest absolute Gasteiger partial charge is 0.207 e. The molecule has 1 aromatic carbocycles. The average Bonchev–Trinajstić information content (AvgIpc) is 2.91. The molecule has 0 fully saturated rings. The number of hydrogen-bond donors (Lipinski definition) is 2. The predicted molar refractivity (Wildman–Crippen MR) is 99.9 cm³/mol. The Bertz CT molecular complexity index is 1270.